The van der Waals surface area contributed by atoms with Gasteiger partial charge < -0.3 is 9.30 Å². The van der Waals surface area contributed by atoms with Crippen molar-refractivity contribution in [1.29, 1.82) is 0 Å². The maximum absolute atomic E-state index is 10.9. The summed E-state index contributed by atoms with van der Waals surface area (Å²) in [7, 11) is 1.62. The second kappa shape index (κ2) is 4.63. The van der Waals surface area contributed by atoms with Crippen LogP contribution >= 0.6 is 11.6 Å². The number of rotatable bonds is 4. The quantitative estimate of drug-likeness (QED) is 0.767. The molecule has 0 radical (unpaired) electrons. The highest BCUT2D eigenvalue weighted by Gasteiger charge is 2.09. The van der Waals surface area contributed by atoms with Gasteiger partial charge in [-0.05, 0) is 18.2 Å². The molecule has 4 nitrogen and oxygen atoms in total. The topological polar surface area (TPSA) is 44.1 Å². The number of hydrogen-bond donors (Lipinski definition) is 0. The second-order valence-corrected chi connectivity index (χ2v) is 3.80. The van der Waals surface area contributed by atoms with Crippen LogP contribution in [0.2, 0.25) is 5.02 Å². The summed E-state index contributed by atoms with van der Waals surface area (Å²) in [6.07, 6.45) is 0.740. The van der Waals surface area contributed by atoms with Crippen LogP contribution in [0.15, 0.2) is 18.2 Å². The molecule has 0 saturated carbocycles. The van der Waals surface area contributed by atoms with Crippen LogP contribution in [0.25, 0.3) is 11.0 Å². The molecule has 1 aromatic carbocycles. The van der Waals surface area contributed by atoms with Gasteiger partial charge in [-0.15, -0.1) is 0 Å². The van der Waals surface area contributed by atoms with Crippen molar-refractivity contribution in [2.24, 2.45) is 0 Å². The third kappa shape index (κ3) is 1.94. The van der Waals surface area contributed by atoms with Gasteiger partial charge in [0.05, 0.1) is 17.6 Å². The molecule has 0 amide bonds. The molecule has 0 spiro atoms. The molecule has 0 saturated heterocycles. The molecule has 16 heavy (non-hydrogen) atoms. The highest BCUT2D eigenvalue weighted by Crippen LogP contribution is 2.20. The number of hydrogen-bond acceptors (Lipinski definition) is 3. The summed E-state index contributed by atoms with van der Waals surface area (Å²) in [6.45, 7) is 1.11. The predicted octanol–water partition coefficient (Wildman–Crippen LogP) is 2.15. The Balaban J connectivity index is 2.56. The first kappa shape index (κ1) is 11.1. The van der Waals surface area contributed by atoms with Gasteiger partial charge in [0, 0.05) is 18.7 Å². The normalized spacial score (nSPS) is 10.9. The van der Waals surface area contributed by atoms with Crippen LogP contribution in [-0.2, 0) is 11.3 Å². The van der Waals surface area contributed by atoms with Gasteiger partial charge in [0.15, 0.2) is 12.1 Å². The predicted molar refractivity (Wildman–Crippen MR) is 62.0 cm³/mol. The SMILES string of the molecule is COCCn1c(C=O)nc2ccc(Cl)cc21. The summed E-state index contributed by atoms with van der Waals surface area (Å²) in [4.78, 5) is 15.1. The Morgan fingerprint density at radius 1 is 1.56 bits per heavy atom. The van der Waals surface area contributed by atoms with Crippen molar-refractivity contribution in [2.75, 3.05) is 13.7 Å². The van der Waals surface area contributed by atoms with Crippen molar-refractivity contribution >= 4 is 28.9 Å². The fraction of sp³-hybridized carbons (Fsp3) is 0.273. The first-order chi connectivity index (χ1) is 7.76. The molecule has 5 heteroatoms. The third-order valence-electron chi connectivity index (χ3n) is 2.36. The molecule has 0 N–H and O–H groups in total. The molecule has 0 aliphatic heterocycles. The lowest BCUT2D eigenvalue weighted by molar-refractivity contribution is 0.110. The van der Waals surface area contributed by atoms with Crippen LogP contribution in [0.4, 0.5) is 0 Å². The minimum Gasteiger partial charge on any atom is -0.383 e. The first-order valence-corrected chi connectivity index (χ1v) is 5.24. The van der Waals surface area contributed by atoms with Crippen LogP contribution in [0.3, 0.4) is 0 Å². The van der Waals surface area contributed by atoms with Gasteiger partial charge in [-0.25, -0.2) is 4.98 Å². The fourth-order valence-electron chi connectivity index (χ4n) is 1.62. The summed E-state index contributed by atoms with van der Waals surface area (Å²) >= 11 is 5.92. The second-order valence-electron chi connectivity index (χ2n) is 3.37. The molecule has 2 rings (SSSR count). The van der Waals surface area contributed by atoms with E-state index in [9.17, 15) is 4.79 Å². The molecular weight excluding hydrogens is 228 g/mol. The van der Waals surface area contributed by atoms with Crippen LogP contribution in [0.5, 0.6) is 0 Å². The van der Waals surface area contributed by atoms with E-state index in [4.69, 9.17) is 16.3 Å². The minimum atomic E-state index is 0.398. The summed E-state index contributed by atoms with van der Waals surface area (Å²) in [5.41, 5.74) is 1.62. The number of methoxy groups -OCH3 is 1. The average molecular weight is 239 g/mol. The van der Waals surface area contributed by atoms with Gasteiger partial charge in [-0.1, -0.05) is 11.6 Å². The van der Waals surface area contributed by atoms with Crippen molar-refractivity contribution in [3.63, 3.8) is 0 Å². The van der Waals surface area contributed by atoms with Crippen LogP contribution in [0, 0.1) is 0 Å². The van der Waals surface area contributed by atoms with Crippen molar-refractivity contribution in [3.05, 3.63) is 29.0 Å². The highest BCUT2D eigenvalue weighted by atomic mass is 35.5. The van der Waals surface area contributed by atoms with Crippen LogP contribution < -0.4 is 0 Å². The molecule has 1 aromatic heterocycles. The van der Waals surface area contributed by atoms with E-state index in [1.165, 1.54) is 0 Å². The first-order valence-electron chi connectivity index (χ1n) is 4.86. The molecule has 0 bridgehead atoms. The monoisotopic (exact) mass is 238 g/mol. The zero-order valence-electron chi connectivity index (χ0n) is 8.81. The number of ether oxygens (including phenoxy) is 1. The number of imidazole rings is 1. The van der Waals surface area contributed by atoms with Gasteiger partial charge >= 0.3 is 0 Å². The number of aromatic nitrogens is 2. The van der Waals surface area contributed by atoms with E-state index < -0.39 is 0 Å². The zero-order valence-corrected chi connectivity index (χ0v) is 9.57. The maximum atomic E-state index is 10.9. The summed E-state index contributed by atoms with van der Waals surface area (Å²) < 4.78 is 6.80. The van der Waals surface area contributed by atoms with E-state index in [0.29, 0.717) is 24.0 Å². The molecule has 1 heterocycles. The minimum absolute atomic E-state index is 0.398. The lowest BCUT2D eigenvalue weighted by Gasteiger charge is -2.04. The Hall–Kier alpha value is -1.39. The number of aldehydes is 1. The Kier molecular flexibility index (Phi) is 3.22. The van der Waals surface area contributed by atoms with Crippen molar-refractivity contribution in [3.8, 4) is 0 Å². The lowest BCUT2D eigenvalue weighted by Crippen LogP contribution is -2.07. The molecular formula is C11H11ClN2O2. The molecule has 0 aliphatic carbocycles. The third-order valence-corrected chi connectivity index (χ3v) is 2.60. The molecule has 0 aliphatic rings. The Morgan fingerprint density at radius 3 is 3.06 bits per heavy atom. The van der Waals surface area contributed by atoms with Crippen molar-refractivity contribution in [1.82, 2.24) is 9.55 Å². The van der Waals surface area contributed by atoms with E-state index in [0.717, 1.165) is 17.3 Å². The molecule has 0 atom stereocenters. The summed E-state index contributed by atoms with van der Waals surface area (Å²) in [6, 6.07) is 5.35. The molecule has 2 aromatic rings. The number of carbonyl (C=O) groups excluding carboxylic acids is 1. The van der Waals surface area contributed by atoms with E-state index in [1.54, 1.807) is 29.9 Å². The number of carbonyl (C=O) groups is 1. The van der Waals surface area contributed by atoms with E-state index in [2.05, 4.69) is 4.98 Å². The van der Waals surface area contributed by atoms with Gasteiger partial charge in [0.2, 0.25) is 0 Å². The number of benzene rings is 1. The van der Waals surface area contributed by atoms with Crippen molar-refractivity contribution in [2.45, 2.75) is 6.54 Å². The van der Waals surface area contributed by atoms with E-state index >= 15 is 0 Å². The van der Waals surface area contributed by atoms with Gasteiger partial charge in [-0.3, -0.25) is 4.79 Å². The number of nitrogens with zero attached hydrogens (tertiary/aromatic N) is 2. The van der Waals surface area contributed by atoms with Crippen LogP contribution in [0.1, 0.15) is 10.6 Å². The smallest absolute Gasteiger partial charge is 0.185 e. The average Bonchev–Trinajstić information content (AvgIpc) is 2.63. The number of halogens is 1. The standard InChI is InChI=1S/C11H11ClN2O2/c1-16-5-4-14-10-6-8(12)2-3-9(10)13-11(14)7-15/h2-3,6-7H,4-5H2,1H3. The molecule has 0 unspecified atom stereocenters. The van der Waals surface area contributed by atoms with Gasteiger partial charge in [-0.2, -0.15) is 0 Å². The summed E-state index contributed by atoms with van der Waals surface area (Å²) in [5, 5.41) is 0.628. The Morgan fingerprint density at radius 2 is 2.38 bits per heavy atom. The Labute approximate surface area is 97.8 Å². The zero-order chi connectivity index (χ0) is 11.5. The van der Waals surface area contributed by atoms with Gasteiger partial charge in [0.25, 0.3) is 0 Å². The van der Waals surface area contributed by atoms with E-state index in [1.807, 2.05) is 0 Å². The van der Waals surface area contributed by atoms with Crippen molar-refractivity contribution < 1.29 is 9.53 Å². The lowest BCUT2D eigenvalue weighted by atomic mass is 10.3. The largest absolute Gasteiger partial charge is 0.383 e. The number of fused-ring (bicyclic) bond motifs is 1. The highest BCUT2D eigenvalue weighted by molar-refractivity contribution is 6.31. The maximum Gasteiger partial charge on any atom is 0.185 e. The fourth-order valence-corrected chi connectivity index (χ4v) is 1.79. The van der Waals surface area contributed by atoms with E-state index in [-0.39, 0.29) is 0 Å². The Bertz CT molecular complexity index is 522. The van der Waals surface area contributed by atoms with Gasteiger partial charge in [0.1, 0.15) is 0 Å². The van der Waals surface area contributed by atoms with Crippen LogP contribution in [-0.4, -0.2) is 29.6 Å². The molecule has 84 valence electrons. The molecule has 0 fully saturated rings. The summed E-state index contributed by atoms with van der Waals surface area (Å²) in [5.74, 6) is 0.398.